The van der Waals surface area contributed by atoms with Crippen LogP contribution in [-0.2, 0) is 25.5 Å². The Balaban J connectivity index is 1.37. The molecule has 4 rings (SSSR count). The summed E-state index contributed by atoms with van der Waals surface area (Å²) in [6, 6.07) is 16.1. The minimum atomic E-state index is -0.523. The molecule has 0 saturated carbocycles. The first-order chi connectivity index (χ1) is 18.9. The van der Waals surface area contributed by atoms with Gasteiger partial charge in [-0.1, -0.05) is 24.3 Å². The molecule has 2 N–H and O–H groups in total. The van der Waals surface area contributed by atoms with E-state index in [-0.39, 0.29) is 11.7 Å². The first-order valence-electron chi connectivity index (χ1n) is 12.6. The lowest BCUT2D eigenvalue weighted by Crippen LogP contribution is -2.31. The van der Waals surface area contributed by atoms with Crippen LogP contribution in [0.4, 0.5) is 10.1 Å². The Labute approximate surface area is 231 Å². The Hall–Kier alpha value is -3.57. The Morgan fingerprint density at radius 2 is 1.72 bits per heavy atom. The van der Waals surface area contributed by atoms with Crippen LogP contribution in [0.1, 0.15) is 12.5 Å². The molecular weight excluding hydrogens is 521 g/mol. The third kappa shape index (κ3) is 7.96. The van der Waals surface area contributed by atoms with Crippen LogP contribution in [-0.4, -0.2) is 62.5 Å². The second-order valence-corrected chi connectivity index (χ2v) is 9.83. The zero-order valence-corrected chi connectivity index (χ0v) is 22.8. The summed E-state index contributed by atoms with van der Waals surface area (Å²) in [5, 5.41) is 0. The number of pyridine rings is 1. The van der Waals surface area contributed by atoms with E-state index < -0.39 is 5.82 Å². The minimum absolute atomic E-state index is 0.0142. The van der Waals surface area contributed by atoms with Gasteiger partial charge in [0.1, 0.15) is 5.75 Å². The van der Waals surface area contributed by atoms with Crippen LogP contribution in [0.15, 0.2) is 60.8 Å². The van der Waals surface area contributed by atoms with Crippen molar-refractivity contribution in [2.45, 2.75) is 13.5 Å². The van der Waals surface area contributed by atoms with E-state index in [0.29, 0.717) is 57.6 Å². The van der Waals surface area contributed by atoms with E-state index in [9.17, 15) is 9.18 Å². The van der Waals surface area contributed by atoms with Gasteiger partial charge in [0.05, 0.1) is 43.3 Å². The van der Waals surface area contributed by atoms with Gasteiger partial charge in [0.15, 0.2) is 11.6 Å². The molecule has 0 aliphatic carbocycles. The highest BCUT2D eigenvalue weighted by Gasteiger charge is 2.14. The van der Waals surface area contributed by atoms with Gasteiger partial charge < -0.3 is 29.6 Å². The summed E-state index contributed by atoms with van der Waals surface area (Å²) in [6.07, 6.45) is 1.64. The lowest BCUT2D eigenvalue weighted by molar-refractivity contribution is -0.130. The summed E-state index contributed by atoms with van der Waals surface area (Å²) in [5.74, 6) is 0.0920. The topological polar surface area (TPSA) is 96.1 Å². The molecule has 10 heteroatoms. The van der Waals surface area contributed by atoms with Gasteiger partial charge in [0.2, 0.25) is 5.91 Å². The van der Waals surface area contributed by atoms with Crippen molar-refractivity contribution in [1.82, 2.24) is 9.88 Å². The Kier molecular flexibility index (Phi) is 10.2. The lowest BCUT2D eigenvalue weighted by Gasteiger charge is -2.21. The quantitative estimate of drug-likeness (QED) is 0.163. The van der Waals surface area contributed by atoms with Crippen molar-refractivity contribution < 1.29 is 28.1 Å². The molecule has 2 heterocycles. The monoisotopic (exact) mass is 553 g/mol. The molecule has 8 nitrogen and oxygen atoms in total. The number of fused-ring (bicyclic) bond motifs is 1. The molecule has 4 aromatic rings. The number of thiophene rings is 1. The molecule has 0 unspecified atom stereocenters. The van der Waals surface area contributed by atoms with E-state index in [1.807, 2.05) is 30.3 Å². The van der Waals surface area contributed by atoms with Crippen LogP contribution in [0.2, 0.25) is 0 Å². The summed E-state index contributed by atoms with van der Waals surface area (Å²) in [6.45, 7) is 5.02. The van der Waals surface area contributed by atoms with Crippen LogP contribution in [0, 0.1) is 5.82 Å². The number of aromatic nitrogens is 1. The van der Waals surface area contributed by atoms with E-state index in [2.05, 4.69) is 4.98 Å². The van der Waals surface area contributed by atoms with Crippen molar-refractivity contribution in [3.8, 4) is 21.9 Å². The zero-order chi connectivity index (χ0) is 27.6. The van der Waals surface area contributed by atoms with Gasteiger partial charge in [-0.2, -0.15) is 0 Å². The molecule has 206 valence electrons. The molecule has 0 aliphatic heterocycles. The number of nitrogens with two attached hydrogens (primary N) is 1. The van der Waals surface area contributed by atoms with Crippen LogP contribution in [0.3, 0.4) is 0 Å². The highest BCUT2D eigenvalue weighted by molar-refractivity contribution is 7.22. The fourth-order valence-electron chi connectivity index (χ4n) is 3.84. The standard InChI is InChI=1S/C29H32FN3O5S/c1-20(34)33(11-12-36-15-16-37-14-13-35-2)19-21-3-5-22(6-4-21)28-18-25-29(39-28)27(9-10-32-25)38-26-8-7-23(31)17-24(26)30/h3-10,17-18H,11-16,19,31H2,1-2H3. The van der Waals surface area contributed by atoms with Crippen LogP contribution < -0.4 is 10.5 Å². The van der Waals surface area contributed by atoms with Gasteiger partial charge >= 0.3 is 0 Å². The number of carbonyl (C=O) groups is 1. The number of amides is 1. The summed E-state index contributed by atoms with van der Waals surface area (Å²) in [7, 11) is 1.63. The maximum absolute atomic E-state index is 14.3. The van der Waals surface area contributed by atoms with Crippen molar-refractivity contribution in [1.29, 1.82) is 0 Å². The first-order valence-corrected chi connectivity index (χ1v) is 13.4. The number of benzene rings is 2. The van der Waals surface area contributed by atoms with Gasteiger partial charge in [0, 0.05) is 56.0 Å². The Bertz CT molecular complexity index is 1380. The van der Waals surface area contributed by atoms with Gasteiger partial charge in [-0.25, -0.2) is 4.39 Å². The maximum Gasteiger partial charge on any atom is 0.219 e. The van der Waals surface area contributed by atoms with Crippen molar-refractivity contribution in [2.24, 2.45) is 0 Å². The van der Waals surface area contributed by atoms with Gasteiger partial charge in [-0.3, -0.25) is 9.78 Å². The smallest absolute Gasteiger partial charge is 0.219 e. The number of hydrogen-bond acceptors (Lipinski definition) is 8. The normalized spacial score (nSPS) is 11.2. The number of rotatable bonds is 14. The van der Waals surface area contributed by atoms with Gasteiger partial charge in [-0.15, -0.1) is 11.3 Å². The molecular formula is C29H32FN3O5S. The van der Waals surface area contributed by atoms with Crippen LogP contribution in [0.25, 0.3) is 20.7 Å². The molecule has 0 aliphatic rings. The second kappa shape index (κ2) is 14.0. The SMILES string of the molecule is COCCOCCOCCN(Cc1ccc(-c2cc3nccc(Oc4ccc(N)cc4F)c3s2)cc1)C(C)=O. The molecule has 0 spiro atoms. The number of hydrogen-bond donors (Lipinski definition) is 1. The highest BCUT2D eigenvalue weighted by Crippen LogP contribution is 2.39. The molecule has 0 saturated heterocycles. The van der Waals surface area contributed by atoms with Crippen LogP contribution in [0.5, 0.6) is 11.5 Å². The van der Waals surface area contributed by atoms with Crippen molar-refractivity contribution in [3.05, 3.63) is 72.2 Å². The van der Waals surface area contributed by atoms with E-state index in [1.165, 1.54) is 23.5 Å². The highest BCUT2D eigenvalue weighted by atomic mass is 32.1. The third-order valence-electron chi connectivity index (χ3n) is 5.92. The van der Waals surface area contributed by atoms with Gasteiger partial charge in [0.25, 0.3) is 0 Å². The largest absolute Gasteiger partial charge is 0.453 e. The predicted molar refractivity (Wildman–Crippen MR) is 151 cm³/mol. The lowest BCUT2D eigenvalue weighted by atomic mass is 10.1. The summed E-state index contributed by atoms with van der Waals surface area (Å²) < 4.78 is 36.9. The fraction of sp³-hybridized carbons (Fsp3) is 0.310. The molecule has 1 amide bonds. The summed E-state index contributed by atoms with van der Waals surface area (Å²) in [4.78, 5) is 19.4. The first kappa shape index (κ1) is 28.4. The minimum Gasteiger partial charge on any atom is -0.453 e. The number of nitrogens with zero attached hydrogens (tertiary/aromatic N) is 2. The number of ether oxygens (including phenoxy) is 4. The molecule has 2 aromatic heterocycles. The van der Waals surface area contributed by atoms with Crippen LogP contribution >= 0.6 is 11.3 Å². The number of carbonyl (C=O) groups excluding carboxylic acids is 1. The third-order valence-corrected chi connectivity index (χ3v) is 7.11. The number of methoxy groups -OCH3 is 1. The van der Waals surface area contributed by atoms with E-state index >= 15 is 0 Å². The molecule has 0 bridgehead atoms. The van der Waals surface area contributed by atoms with E-state index in [0.717, 1.165) is 26.2 Å². The summed E-state index contributed by atoms with van der Waals surface area (Å²) in [5.41, 5.74) is 8.77. The molecule has 2 aromatic carbocycles. The zero-order valence-electron chi connectivity index (χ0n) is 22.0. The molecule has 0 atom stereocenters. The summed E-state index contributed by atoms with van der Waals surface area (Å²) >= 11 is 1.52. The van der Waals surface area contributed by atoms with Crippen molar-refractivity contribution >= 4 is 33.1 Å². The average Bonchev–Trinajstić information content (AvgIpc) is 3.37. The van der Waals surface area contributed by atoms with Crippen molar-refractivity contribution in [2.75, 3.05) is 52.4 Å². The number of nitrogen functional groups attached to an aromatic ring is 1. The van der Waals surface area contributed by atoms with E-state index in [1.54, 1.807) is 37.3 Å². The molecule has 0 fully saturated rings. The maximum atomic E-state index is 14.3. The predicted octanol–water partition coefficient (Wildman–Crippen LogP) is 5.51. The molecule has 0 radical (unpaired) electrons. The second-order valence-electron chi connectivity index (χ2n) is 8.78. The number of anilines is 1. The van der Waals surface area contributed by atoms with Crippen molar-refractivity contribution in [3.63, 3.8) is 0 Å². The fourth-order valence-corrected chi connectivity index (χ4v) is 4.91. The average molecular weight is 554 g/mol. The van der Waals surface area contributed by atoms with E-state index in [4.69, 9.17) is 24.7 Å². The van der Waals surface area contributed by atoms with Gasteiger partial charge in [-0.05, 0) is 29.3 Å². The number of halogens is 1. The Morgan fingerprint density at radius 3 is 2.44 bits per heavy atom. The Morgan fingerprint density at radius 1 is 0.974 bits per heavy atom. The molecule has 39 heavy (non-hydrogen) atoms.